The monoisotopic (exact) mass is 271 g/mol. The van der Waals surface area contributed by atoms with Crippen molar-refractivity contribution < 1.29 is 4.39 Å². The van der Waals surface area contributed by atoms with Gasteiger partial charge < -0.3 is 5.32 Å². The van der Waals surface area contributed by atoms with Crippen LogP contribution in [0.1, 0.15) is 41.6 Å². The first-order chi connectivity index (χ1) is 9.67. The first kappa shape index (κ1) is 14.7. The number of hydrogen-bond donors (Lipinski definition) is 1. The van der Waals surface area contributed by atoms with E-state index >= 15 is 0 Å². The summed E-state index contributed by atoms with van der Waals surface area (Å²) >= 11 is 0. The molecular formula is C18H22FN. The lowest BCUT2D eigenvalue weighted by atomic mass is 9.95. The van der Waals surface area contributed by atoms with Crippen molar-refractivity contribution in [2.45, 2.75) is 32.7 Å². The molecule has 0 aliphatic carbocycles. The molecule has 2 aromatic rings. The van der Waals surface area contributed by atoms with E-state index in [9.17, 15) is 4.39 Å². The molecule has 0 fully saturated rings. The molecule has 0 spiro atoms. The van der Waals surface area contributed by atoms with Gasteiger partial charge in [-0.3, -0.25) is 0 Å². The summed E-state index contributed by atoms with van der Waals surface area (Å²) < 4.78 is 14.3. The summed E-state index contributed by atoms with van der Waals surface area (Å²) in [7, 11) is 1.87. The van der Waals surface area contributed by atoms with Crippen LogP contribution in [-0.2, 0) is 6.42 Å². The van der Waals surface area contributed by atoms with Crippen LogP contribution < -0.4 is 5.32 Å². The third kappa shape index (κ3) is 3.07. The normalized spacial score (nSPS) is 12.4. The van der Waals surface area contributed by atoms with Gasteiger partial charge in [0.05, 0.1) is 6.04 Å². The summed E-state index contributed by atoms with van der Waals surface area (Å²) in [5, 5.41) is 3.23. The lowest BCUT2D eigenvalue weighted by molar-refractivity contribution is 0.569. The molecule has 0 saturated carbocycles. The van der Waals surface area contributed by atoms with E-state index in [2.05, 4.69) is 36.5 Å². The van der Waals surface area contributed by atoms with Gasteiger partial charge >= 0.3 is 0 Å². The number of aryl methyl sites for hydroxylation is 2. The Morgan fingerprint density at radius 1 is 1.15 bits per heavy atom. The Morgan fingerprint density at radius 3 is 2.60 bits per heavy atom. The molecular weight excluding hydrogens is 249 g/mol. The fourth-order valence-electron chi connectivity index (χ4n) is 2.61. The largest absolute Gasteiger partial charge is 0.309 e. The predicted octanol–water partition coefficient (Wildman–Crippen LogP) is 4.40. The Labute approximate surface area is 120 Å². The fourth-order valence-corrected chi connectivity index (χ4v) is 2.61. The molecule has 1 atom stereocenters. The van der Waals surface area contributed by atoms with Crippen LogP contribution in [0.15, 0.2) is 42.5 Å². The minimum Gasteiger partial charge on any atom is -0.309 e. The Balaban J connectivity index is 2.41. The lowest BCUT2D eigenvalue weighted by Crippen LogP contribution is -2.19. The van der Waals surface area contributed by atoms with E-state index in [1.807, 2.05) is 19.2 Å². The van der Waals surface area contributed by atoms with Gasteiger partial charge in [0, 0.05) is 5.56 Å². The van der Waals surface area contributed by atoms with E-state index in [0.29, 0.717) is 11.1 Å². The van der Waals surface area contributed by atoms with Gasteiger partial charge in [-0.05, 0) is 37.1 Å². The average molecular weight is 271 g/mol. The van der Waals surface area contributed by atoms with Gasteiger partial charge in [0.25, 0.3) is 0 Å². The fraction of sp³-hybridized carbons (Fsp3) is 0.333. The van der Waals surface area contributed by atoms with E-state index in [0.717, 1.165) is 18.4 Å². The second-order valence-corrected chi connectivity index (χ2v) is 5.19. The quantitative estimate of drug-likeness (QED) is 0.850. The Bertz CT molecular complexity index is 577. The van der Waals surface area contributed by atoms with Crippen LogP contribution in [0, 0.1) is 12.7 Å². The number of rotatable bonds is 5. The van der Waals surface area contributed by atoms with E-state index in [4.69, 9.17) is 0 Å². The summed E-state index contributed by atoms with van der Waals surface area (Å²) in [6.07, 6.45) is 2.17. The topological polar surface area (TPSA) is 12.0 Å². The Hall–Kier alpha value is -1.67. The van der Waals surface area contributed by atoms with Gasteiger partial charge in [0.1, 0.15) is 5.82 Å². The van der Waals surface area contributed by atoms with Crippen LogP contribution in [-0.4, -0.2) is 7.05 Å². The molecule has 0 amide bonds. The SMILES string of the molecule is CCCc1cccc(C(NC)c2cccc(C)c2F)c1. The molecule has 106 valence electrons. The summed E-state index contributed by atoms with van der Waals surface area (Å²) in [5.74, 6) is -0.118. The summed E-state index contributed by atoms with van der Waals surface area (Å²) in [6, 6.07) is 13.9. The molecule has 0 aliphatic heterocycles. The van der Waals surface area contributed by atoms with Crippen LogP contribution in [0.3, 0.4) is 0 Å². The molecule has 0 bridgehead atoms. The Morgan fingerprint density at radius 2 is 1.90 bits per heavy atom. The smallest absolute Gasteiger partial charge is 0.131 e. The number of halogens is 1. The van der Waals surface area contributed by atoms with Gasteiger partial charge in [-0.15, -0.1) is 0 Å². The van der Waals surface area contributed by atoms with Crippen molar-refractivity contribution in [2.75, 3.05) is 7.05 Å². The maximum atomic E-state index is 14.3. The van der Waals surface area contributed by atoms with Gasteiger partial charge in [-0.2, -0.15) is 0 Å². The van der Waals surface area contributed by atoms with Crippen LogP contribution >= 0.6 is 0 Å². The van der Waals surface area contributed by atoms with Gasteiger partial charge in [-0.1, -0.05) is 55.8 Å². The third-order valence-corrected chi connectivity index (χ3v) is 3.64. The van der Waals surface area contributed by atoms with Crippen molar-refractivity contribution in [1.29, 1.82) is 0 Å². The third-order valence-electron chi connectivity index (χ3n) is 3.64. The second kappa shape index (κ2) is 6.67. The van der Waals surface area contributed by atoms with Crippen LogP contribution in [0.2, 0.25) is 0 Å². The van der Waals surface area contributed by atoms with Crippen molar-refractivity contribution in [2.24, 2.45) is 0 Å². The van der Waals surface area contributed by atoms with Crippen LogP contribution in [0.5, 0.6) is 0 Å². The van der Waals surface area contributed by atoms with Gasteiger partial charge in [0.2, 0.25) is 0 Å². The summed E-state index contributed by atoms with van der Waals surface area (Å²) in [6.45, 7) is 3.97. The number of nitrogens with one attached hydrogen (secondary N) is 1. The Kier molecular flexibility index (Phi) is 4.91. The summed E-state index contributed by atoms with van der Waals surface area (Å²) in [4.78, 5) is 0. The molecule has 2 heteroatoms. The zero-order valence-corrected chi connectivity index (χ0v) is 12.4. The van der Waals surface area contributed by atoms with E-state index in [1.165, 1.54) is 5.56 Å². The number of hydrogen-bond acceptors (Lipinski definition) is 1. The standard InChI is InChI=1S/C18H22FN/c1-4-7-14-9-6-10-15(12-14)18(20-3)16-11-5-8-13(2)17(16)19/h5-6,8-12,18,20H,4,7H2,1-3H3. The molecule has 0 radical (unpaired) electrons. The summed E-state index contributed by atoms with van der Waals surface area (Å²) in [5.41, 5.74) is 3.81. The zero-order chi connectivity index (χ0) is 14.5. The molecule has 1 unspecified atom stereocenters. The average Bonchev–Trinajstić information content (AvgIpc) is 2.45. The highest BCUT2D eigenvalue weighted by atomic mass is 19.1. The molecule has 0 aromatic heterocycles. The van der Waals surface area contributed by atoms with Crippen molar-refractivity contribution in [3.63, 3.8) is 0 Å². The van der Waals surface area contributed by atoms with Crippen molar-refractivity contribution in [1.82, 2.24) is 5.32 Å². The van der Waals surface area contributed by atoms with Crippen LogP contribution in [0.25, 0.3) is 0 Å². The lowest BCUT2D eigenvalue weighted by Gasteiger charge is -2.19. The minimum atomic E-state index is -0.118. The highest BCUT2D eigenvalue weighted by Crippen LogP contribution is 2.26. The molecule has 0 aliphatic rings. The van der Waals surface area contributed by atoms with E-state index in [-0.39, 0.29) is 11.9 Å². The molecule has 20 heavy (non-hydrogen) atoms. The molecule has 2 aromatic carbocycles. The second-order valence-electron chi connectivity index (χ2n) is 5.19. The predicted molar refractivity (Wildman–Crippen MR) is 82.5 cm³/mol. The highest BCUT2D eigenvalue weighted by molar-refractivity contribution is 5.37. The first-order valence-corrected chi connectivity index (χ1v) is 7.18. The van der Waals surface area contributed by atoms with E-state index in [1.54, 1.807) is 13.0 Å². The van der Waals surface area contributed by atoms with Crippen LogP contribution in [0.4, 0.5) is 4.39 Å². The minimum absolute atomic E-state index is 0.105. The highest BCUT2D eigenvalue weighted by Gasteiger charge is 2.17. The van der Waals surface area contributed by atoms with Crippen molar-refractivity contribution >= 4 is 0 Å². The van der Waals surface area contributed by atoms with Crippen molar-refractivity contribution in [3.05, 3.63) is 70.5 Å². The molecule has 1 nitrogen and oxygen atoms in total. The maximum absolute atomic E-state index is 14.3. The molecule has 0 saturated heterocycles. The molecule has 2 rings (SSSR count). The molecule has 0 heterocycles. The van der Waals surface area contributed by atoms with Gasteiger partial charge in [-0.25, -0.2) is 4.39 Å². The van der Waals surface area contributed by atoms with Gasteiger partial charge in [0.15, 0.2) is 0 Å². The van der Waals surface area contributed by atoms with E-state index < -0.39 is 0 Å². The maximum Gasteiger partial charge on any atom is 0.131 e. The number of benzene rings is 2. The first-order valence-electron chi connectivity index (χ1n) is 7.18. The zero-order valence-electron chi connectivity index (χ0n) is 12.4. The van der Waals surface area contributed by atoms with Crippen molar-refractivity contribution in [3.8, 4) is 0 Å². The molecule has 1 N–H and O–H groups in total.